The van der Waals surface area contributed by atoms with Gasteiger partial charge in [0.15, 0.2) is 0 Å². The molecule has 0 bridgehead atoms. The molecule has 0 unspecified atom stereocenters. The number of hydrogen-bond acceptors (Lipinski definition) is 4. The van der Waals surface area contributed by atoms with Crippen molar-refractivity contribution in [1.29, 1.82) is 0 Å². The zero-order chi connectivity index (χ0) is 12.9. The van der Waals surface area contributed by atoms with Crippen LogP contribution in [-0.4, -0.2) is 24.7 Å². The van der Waals surface area contributed by atoms with Gasteiger partial charge in [-0.05, 0) is 45.0 Å². The van der Waals surface area contributed by atoms with Crippen molar-refractivity contribution in [3.8, 4) is 0 Å². The molecule has 0 saturated carbocycles. The molecule has 0 saturated heterocycles. The van der Waals surface area contributed by atoms with Gasteiger partial charge in [-0.2, -0.15) is 0 Å². The maximum atomic E-state index is 11.7. The maximum absolute atomic E-state index is 11.7. The van der Waals surface area contributed by atoms with E-state index in [1.165, 1.54) is 0 Å². The van der Waals surface area contributed by atoms with Gasteiger partial charge in [-0.15, -0.1) is 0 Å². The fourth-order valence-corrected chi connectivity index (χ4v) is 1.28. The van der Waals surface area contributed by atoms with Crippen LogP contribution in [0.5, 0.6) is 0 Å². The number of carbonyl (C=O) groups is 1. The van der Waals surface area contributed by atoms with E-state index in [0.717, 1.165) is 5.69 Å². The van der Waals surface area contributed by atoms with E-state index in [4.69, 9.17) is 10.5 Å². The fourth-order valence-electron chi connectivity index (χ4n) is 1.28. The summed E-state index contributed by atoms with van der Waals surface area (Å²) in [5, 5.41) is 3.13. The second-order valence-electron chi connectivity index (χ2n) is 4.79. The van der Waals surface area contributed by atoms with E-state index >= 15 is 0 Å². The van der Waals surface area contributed by atoms with Crippen LogP contribution in [0.25, 0.3) is 0 Å². The average Bonchev–Trinajstić information content (AvgIpc) is 2.24. The van der Waals surface area contributed by atoms with Gasteiger partial charge in [0.1, 0.15) is 5.60 Å². The van der Waals surface area contributed by atoms with Crippen molar-refractivity contribution in [1.82, 2.24) is 0 Å². The molecule has 0 aliphatic heterocycles. The summed E-state index contributed by atoms with van der Waals surface area (Å²) in [6, 6.07) is 7.17. The number of carbonyl (C=O) groups excluding carboxylic acids is 1. The van der Waals surface area contributed by atoms with E-state index in [1.54, 1.807) is 12.1 Å². The quantitative estimate of drug-likeness (QED) is 0.785. The van der Waals surface area contributed by atoms with Crippen LogP contribution in [0.15, 0.2) is 24.3 Å². The Balaban J connectivity index is 2.64. The van der Waals surface area contributed by atoms with E-state index in [9.17, 15) is 4.79 Å². The number of ether oxygens (including phenoxy) is 1. The molecule has 1 aromatic rings. The van der Waals surface area contributed by atoms with Crippen LogP contribution in [0, 0.1) is 0 Å². The Morgan fingerprint density at radius 1 is 1.29 bits per heavy atom. The molecule has 0 aliphatic rings. The summed E-state index contributed by atoms with van der Waals surface area (Å²) in [7, 11) is 0. The molecule has 0 amide bonds. The van der Waals surface area contributed by atoms with Gasteiger partial charge in [-0.3, -0.25) is 0 Å². The van der Waals surface area contributed by atoms with Crippen LogP contribution in [0.3, 0.4) is 0 Å². The first-order valence-electron chi connectivity index (χ1n) is 5.70. The highest BCUT2D eigenvalue weighted by atomic mass is 16.6. The van der Waals surface area contributed by atoms with Gasteiger partial charge in [0, 0.05) is 18.8 Å². The number of benzene rings is 1. The Morgan fingerprint density at radius 2 is 1.88 bits per heavy atom. The topological polar surface area (TPSA) is 64.3 Å². The van der Waals surface area contributed by atoms with Crippen molar-refractivity contribution in [2.45, 2.75) is 26.4 Å². The minimum atomic E-state index is -0.465. The fraction of sp³-hybridized carbons (Fsp3) is 0.462. The van der Waals surface area contributed by atoms with Gasteiger partial charge < -0.3 is 15.8 Å². The van der Waals surface area contributed by atoms with Crippen molar-refractivity contribution in [2.24, 2.45) is 5.73 Å². The molecule has 0 heterocycles. The molecule has 0 radical (unpaired) electrons. The summed E-state index contributed by atoms with van der Waals surface area (Å²) in [6.07, 6.45) is 0. The zero-order valence-corrected chi connectivity index (χ0v) is 10.6. The minimum absolute atomic E-state index is 0.303. The smallest absolute Gasteiger partial charge is 0.338 e. The third-order valence-corrected chi connectivity index (χ3v) is 1.99. The van der Waals surface area contributed by atoms with Gasteiger partial charge in [-0.1, -0.05) is 0 Å². The first-order chi connectivity index (χ1) is 7.92. The number of hydrogen-bond donors (Lipinski definition) is 2. The van der Waals surface area contributed by atoms with Crippen molar-refractivity contribution in [3.05, 3.63) is 29.8 Å². The first-order valence-corrected chi connectivity index (χ1v) is 5.70. The molecular formula is C13H20N2O2. The number of nitrogens with two attached hydrogens (primary N) is 1. The second kappa shape index (κ2) is 5.68. The van der Waals surface area contributed by atoms with E-state index < -0.39 is 5.60 Å². The summed E-state index contributed by atoms with van der Waals surface area (Å²) in [5.74, 6) is -0.303. The lowest BCUT2D eigenvalue weighted by atomic mass is 10.1. The highest BCUT2D eigenvalue weighted by molar-refractivity contribution is 5.90. The number of anilines is 1. The summed E-state index contributed by atoms with van der Waals surface area (Å²) < 4.78 is 5.27. The van der Waals surface area contributed by atoms with Crippen LogP contribution in [0.1, 0.15) is 31.1 Å². The summed E-state index contributed by atoms with van der Waals surface area (Å²) in [4.78, 5) is 11.7. The maximum Gasteiger partial charge on any atom is 0.338 e. The molecule has 4 heteroatoms. The third-order valence-electron chi connectivity index (χ3n) is 1.99. The summed E-state index contributed by atoms with van der Waals surface area (Å²) >= 11 is 0. The van der Waals surface area contributed by atoms with Gasteiger partial charge >= 0.3 is 5.97 Å². The van der Waals surface area contributed by atoms with Crippen LogP contribution >= 0.6 is 0 Å². The Bertz CT molecular complexity index is 366. The van der Waals surface area contributed by atoms with Gasteiger partial charge in [-0.25, -0.2) is 4.79 Å². The van der Waals surface area contributed by atoms with E-state index in [0.29, 0.717) is 18.7 Å². The molecule has 0 atom stereocenters. The van der Waals surface area contributed by atoms with Crippen molar-refractivity contribution >= 4 is 11.7 Å². The number of esters is 1. The highest BCUT2D eigenvalue weighted by Gasteiger charge is 2.17. The normalized spacial score (nSPS) is 11.1. The minimum Gasteiger partial charge on any atom is -0.456 e. The second-order valence-corrected chi connectivity index (χ2v) is 4.79. The highest BCUT2D eigenvalue weighted by Crippen LogP contribution is 2.14. The molecule has 4 nitrogen and oxygen atoms in total. The van der Waals surface area contributed by atoms with Crippen molar-refractivity contribution in [3.63, 3.8) is 0 Å². The monoisotopic (exact) mass is 236 g/mol. The van der Waals surface area contributed by atoms with Crippen LogP contribution in [0.2, 0.25) is 0 Å². The predicted octanol–water partition coefficient (Wildman–Crippen LogP) is 2.01. The molecule has 94 valence electrons. The first kappa shape index (κ1) is 13.5. The van der Waals surface area contributed by atoms with Crippen LogP contribution in [-0.2, 0) is 4.74 Å². The number of nitrogens with one attached hydrogen (secondary N) is 1. The van der Waals surface area contributed by atoms with Gasteiger partial charge in [0.05, 0.1) is 5.56 Å². The van der Waals surface area contributed by atoms with Gasteiger partial charge in [0.25, 0.3) is 0 Å². The summed E-state index contributed by atoms with van der Waals surface area (Å²) in [5.41, 5.74) is 6.42. The largest absolute Gasteiger partial charge is 0.456 e. The molecule has 0 aliphatic carbocycles. The summed E-state index contributed by atoms with van der Waals surface area (Å²) in [6.45, 7) is 6.84. The van der Waals surface area contributed by atoms with E-state index in [2.05, 4.69) is 5.32 Å². The molecule has 0 fully saturated rings. The molecule has 0 aromatic heterocycles. The zero-order valence-electron chi connectivity index (χ0n) is 10.6. The predicted molar refractivity (Wildman–Crippen MR) is 69.2 cm³/mol. The molecule has 0 spiro atoms. The van der Waals surface area contributed by atoms with E-state index in [1.807, 2.05) is 32.9 Å². The lowest BCUT2D eigenvalue weighted by Gasteiger charge is -2.19. The van der Waals surface area contributed by atoms with Crippen molar-refractivity contribution < 1.29 is 9.53 Å². The van der Waals surface area contributed by atoms with Gasteiger partial charge in [0.2, 0.25) is 0 Å². The Morgan fingerprint density at radius 3 is 2.35 bits per heavy atom. The third kappa shape index (κ3) is 4.87. The Kier molecular flexibility index (Phi) is 4.52. The molecule has 17 heavy (non-hydrogen) atoms. The SMILES string of the molecule is CC(C)(C)OC(=O)c1ccc(NCCN)cc1. The Labute approximate surface area is 102 Å². The average molecular weight is 236 g/mol. The van der Waals surface area contributed by atoms with E-state index in [-0.39, 0.29) is 5.97 Å². The number of rotatable bonds is 4. The molecule has 1 rings (SSSR count). The molecule has 1 aromatic carbocycles. The Hall–Kier alpha value is -1.55. The molecular weight excluding hydrogens is 216 g/mol. The van der Waals surface area contributed by atoms with Crippen molar-refractivity contribution in [2.75, 3.05) is 18.4 Å². The standard InChI is InChI=1S/C13H20N2O2/c1-13(2,3)17-12(16)10-4-6-11(7-5-10)15-9-8-14/h4-7,15H,8-9,14H2,1-3H3. The van der Waals surface area contributed by atoms with Crippen LogP contribution in [0.4, 0.5) is 5.69 Å². The molecule has 3 N–H and O–H groups in total. The van der Waals surface area contributed by atoms with Crippen LogP contribution < -0.4 is 11.1 Å². The lowest BCUT2D eigenvalue weighted by Crippen LogP contribution is -2.23. The lowest BCUT2D eigenvalue weighted by molar-refractivity contribution is 0.00696.